The van der Waals surface area contributed by atoms with Crippen LogP contribution in [0.2, 0.25) is 0 Å². The molecule has 1 atom stereocenters. The second-order valence-electron chi connectivity index (χ2n) is 7.32. The van der Waals surface area contributed by atoms with Gasteiger partial charge in [0.15, 0.2) is 0 Å². The average molecular weight is 461 g/mol. The molecule has 0 aromatic rings. The maximum atomic E-state index is 11.5. The molecular weight excluding hydrogens is 419 g/mol. The minimum atomic E-state index is -4.48. The summed E-state index contributed by atoms with van der Waals surface area (Å²) in [7, 11) is -4.48. The molecule has 0 heterocycles. The van der Waals surface area contributed by atoms with Crippen LogP contribution in [0.4, 0.5) is 0 Å². The van der Waals surface area contributed by atoms with Crippen molar-refractivity contribution >= 4 is 45.9 Å². The zero-order chi connectivity index (χ0) is 21.8. The van der Waals surface area contributed by atoms with Crippen LogP contribution in [0.5, 0.6) is 0 Å². The van der Waals surface area contributed by atoms with Crippen LogP contribution in [-0.2, 0) is 23.6 Å². The van der Waals surface area contributed by atoms with E-state index in [2.05, 4.69) is 27.4 Å². The number of carbonyl (C=O) groups excluding carboxylic acids is 1. The van der Waals surface area contributed by atoms with Crippen LogP contribution in [0, 0.1) is 0 Å². The Morgan fingerprint density at radius 1 is 0.900 bits per heavy atom. The molecule has 0 aliphatic rings. The SMILES string of the molecule is CCCCCCCCC=CCCCCCCCC(=O)OS(=O)(=O)OCC(O)CO.[NaH]. The van der Waals surface area contributed by atoms with Crippen molar-refractivity contribution in [1.29, 1.82) is 0 Å². The summed E-state index contributed by atoms with van der Waals surface area (Å²) in [5.41, 5.74) is 0. The molecule has 0 spiro atoms. The Hall–Kier alpha value is 0.0400. The molecule has 0 saturated carbocycles. The molecule has 0 aromatic carbocycles. The van der Waals surface area contributed by atoms with E-state index in [0.717, 1.165) is 32.1 Å². The van der Waals surface area contributed by atoms with Crippen LogP contribution in [-0.4, -0.2) is 73.5 Å². The number of carbonyl (C=O) groups is 1. The molecule has 0 aliphatic heterocycles. The summed E-state index contributed by atoms with van der Waals surface area (Å²) in [4.78, 5) is 11.5. The third kappa shape index (κ3) is 22.7. The van der Waals surface area contributed by atoms with E-state index in [4.69, 9.17) is 10.2 Å². The Morgan fingerprint density at radius 3 is 1.93 bits per heavy atom. The van der Waals surface area contributed by atoms with Crippen molar-refractivity contribution in [3.8, 4) is 0 Å². The van der Waals surface area contributed by atoms with Gasteiger partial charge in [0.1, 0.15) is 6.10 Å². The molecule has 7 nitrogen and oxygen atoms in total. The summed E-state index contributed by atoms with van der Waals surface area (Å²) >= 11 is 0. The van der Waals surface area contributed by atoms with Gasteiger partial charge >= 0.3 is 45.9 Å². The number of unbranched alkanes of at least 4 members (excludes halogenated alkanes) is 11. The van der Waals surface area contributed by atoms with E-state index in [1.54, 1.807) is 0 Å². The Kier molecular flexibility index (Phi) is 23.9. The van der Waals surface area contributed by atoms with E-state index >= 15 is 0 Å². The second kappa shape index (κ2) is 22.2. The molecule has 0 rings (SSSR count). The normalized spacial score (nSPS) is 12.6. The fraction of sp³-hybridized carbons (Fsp3) is 0.857. The zero-order valence-corrected chi connectivity index (χ0v) is 18.7. The van der Waals surface area contributed by atoms with Crippen LogP contribution in [0.25, 0.3) is 0 Å². The zero-order valence-electron chi connectivity index (χ0n) is 17.9. The first-order chi connectivity index (χ1) is 13.9. The van der Waals surface area contributed by atoms with Gasteiger partial charge in [0.05, 0.1) is 13.2 Å². The minimum absolute atomic E-state index is 0. The quantitative estimate of drug-likeness (QED) is 0.162. The summed E-state index contributed by atoms with van der Waals surface area (Å²) in [5.74, 6) is -0.874. The molecule has 0 amide bonds. The van der Waals surface area contributed by atoms with Gasteiger partial charge in [-0.05, 0) is 32.1 Å². The summed E-state index contributed by atoms with van der Waals surface area (Å²) < 4.78 is 31.3. The van der Waals surface area contributed by atoms with Crippen LogP contribution in [0.1, 0.15) is 96.8 Å². The summed E-state index contributed by atoms with van der Waals surface area (Å²) in [6, 6.07) is 0. The number of allylic oxidation sites excluding steroid dienone is 2. The predicted octanol–water partition coefficient (Wildman–Crippen LogP) is 3.53. The summed E-state index contributed by atoms with van der Waals surface area (Å²) in [6.45, 7) is 0.938. The monoisotopic (exact) mass is 460 g/mol. The molecular formula is C21H41NaO7S. The van der Waals surface area contributed by atoms with Gasteiger partial charge in [0.2, 0.25) is 0 Å². The third-order valence-corrected chi connectivity index (χ3v) is 5.27. The molecule has 0 aromatic heterocycles. The molecule has 0 saturated heterocycles. The van der Waals surface area contributed by atoms with E-state index in [9.17, 15) is 13.2 Å². The van der Waals surface area contributed by atoms with Crippen molar-refractivity contribution in [3.63, 3.8) is 0 Å². The van der Waals surface area contributed by atoms with Gasteiger partial charge in [-0.2, -0.15) is 8.42 Å². The fourth-order valence-electron chi connectivity index (χ4n) is 2.73. The van der Waals surface area contributed by atoms with Crippen LogP contribution in [0.3, 0.4) is 0 Å². The first-order valence-corrected chi connectivity index (χ1v) is 12.3. The number of aliphatic hydroxyl groups is 2. The predicted molar refractivity (Wildman–Crippen MR) is 121 cm³/mol. The van der Waals surface area contributed by atoms with Crippen molar-refractivity contribution in [2.24, 2.45) is 0 Å². The molecule has 30 heavy (non-hydrogen) atoms. The van der Waals surface area contributed by atoms with Crippen LogP contribution in [0.15, 0.2) is 12.2 Å². The van der Waals surface area contributed by atoms with Crippen molar-refractivity contribution in [3.05, 3.63) is 12.2 Å². The van der Waals surface area contributed by atoms with Crippen LogP contribution >= 0.6 is 0 Å². The molecule has 0 fully saturated rings. The first kappa shape index (κ1) is 32.2. The number of rotatable bonds is 20. The van der Waals surface area contributed by atoms with Gasteiger partial charge < -0.3 is 14.4 Å². The maximum absolute atomic E-state index is 11.5. The van der Waals surface area contributed by atoms with Gasteiger partial charge in [-0.15, -0.1) is 0 Å². The number of hydrogen-bond acceptors (Lipinski definition) is 7. The van der Waals surface area contributed by atoms with E-state index in [1.807, 2.05) is 0 Å². The molecule has 9 heteroatoms. The fourth-order valence-corrected chi connectivity index (χ4v) is 3.42. The Labute approximate surface area is 205 Å². The third-order valence-electron chi connectivity index (χ3n) is 4.45. The molecule has 0 radical (unpaired) electrons. The van der Waals surface area contributed by atoms with Gasteiger partial charge in [0.25, 0.3) is 0 Å². The van der Waals surface area contributed by atoms with Gasteiger partial charge in [-0.3, -0.25) is 4.79 Å². The van der Waals surface area contributed by atoms with Crippen molar-refractivity contribution in [1.82, 2.24) is 0 Å². The Balaban J connectivity index is 0. The van der Waals surface area contributed by atoms with Crippen molar-refractivity contribution in [2.45, 2.75) is 103 Å². The van der Waals surface area contributed by atoms with Gasteiger partial charge in [-0.1, -0.05) is 70.4 Å². The first-order valence-electron chi connectivity index (χ1n) is 11.0. The second-order valence-corrected chi connectivity index (χ2v) is 8.54. The Bertz CT molecular complexity index is 523. The Morgan fingerprint density at radius 2 is 1.40 bits per heavy atom. The summed E-state index contributed by atoms with van der Waals surface area (Å²) in [5, 5.41) is 17.6. The van der Waals surface area contributed by atoms with E-state index in [-0.39, 0.29) is 36.0 Å². The topological polar surface area (TPSA) is 110 Å². The molecule has 1 unspecified atom stereocenters. The van der Waals surface area contributed by atoms with Gasteiger partial charge in [0, 0.05) is 6.42 Å². The van der Waals surface area contributed by atoms with E-state index < -0.39 is 35.7 Å². The van der Waals surface area contributed by atoms with E-state index in [1.165, 1.54) is 44.9 Å². The molecule has 2 N–H and O–H groups in total. The molecule has 0 aliphatic carbocycles. The molecule has 174 valence electrons. The van der Waals surface area contributed by atoms with Crippen molar-refractivity contribution < 1.29 is 31.8 Å². The number of hydrogen-bond donors (Lipinski definition) is 2. The standard InChI is InChI=1S/C21H40O7S.Na.H/c1-2-3-4-5-6-7-8-9-10-11-12-13-14-15-16-17-21(24)28-29(25,26)27-19-20(23)18-22;;/h9-10,20,22-23H,2-8,11-19H2,1H3;;. The summed E-state index contributed by atoms with van der Waals surface area (Å²) in [6.07, 6.45) is 18.0. The van der Waals surface area contributed by atoms with Crippen molar-refractivity contribution in [2.75, 3.05) is 13.2 Å². The average Bonchev–Trinajstić information content (AvgIpc) is 2.68. The van der Waals surface area contributed by atoms with Crippen LogP contribution < -0.4 is 0 Å². The van der Waals surface area contributed by atoms with Gasteiger partial charge in [-0.25, -0.2) is 4.18 Å². The van der Waals surface area contributed by atoms with E-state index in [0.29, 0.717) is 6.42 Å². The molecule has 0 bridgehead atoms. The number of aliphatic hydroxyl groups excluding tert-OH is 2.